The molecule has 1 atom stereocenters. The van der Waals surface area contributed by atoms with E-state index in [1.807, 2.05) is 0 Å². The van der Waals surface area contributed by atoms with Crippen LogP contribution < -0.4 is 5.32 Å². The van der Waals surface area contributed by atoms with E-state index in [0.29, 0.717) is 6.10 Å². The van der Waals surface area contributed by atoms with Gasteiger partial charge in [-0.25, -0.2) is 0 Å². The van der Waals surface area contributed by atoms with Crippen LogP contribution in [-0.4, -0.2) is 75.9 Å². The Morgan fingerprint density at radius 1 is 1.40 bits per heavy atom. The fraction of sp³-hybridized carbons (Fsp3) is 1.00. The van der Waals surface area contributed by atoms with Crippen molar-refractivity contribution in [3.05, 3.63) is 0 Å². The number of piperazine rings is 1. The molecular formula is C11H25N3O. The van der Waals surface area contributed by atoms with E-state index in [0.717, 1.165) is 26.2 Å². The van der Waals surface area contributed by atoms with Gasteiger partial charge >= 0.3 is 0 Å². The first-order valence-electron chi connectivity index (χ1n) is 5.87. The van der Waals surface area contributed by atoms with Crippen molar-refractivity contribution in [3.8, 4) is 0 Å². The molecule has 1 fully saturated rings. The Balaban J connectivity index is 2.07. The second-order valence-corrected chi connectivity index (χ2v) is 4.40. The molecule has 1 aliphatic heterocycles. The first kappa shape index (κ1) is 12.9. The molecule has 1 unspecified atom stereocenters. The topological polar surface area (TPSA) is 27.7 Å². The zero-order valence-electron chi connectivity index (χ0n) is 10.3. The highest BCUT2D eigenvalue weighted by Gasteiger charge is 2.10. The van der Waals surface area contributed by atoms with E-state index >= 15 is 0 Å². The summed E-state index contributed by atoms with van der Waals surface area (Å²) in [5, 5.41) is 3.37. The molecule has 1 rings (SSSR count). The average Bonchev–Trinajstić information content (AvgIpc) is 2.27. The number of nitrogens with one attached hydrogen (secondary N) is 1. The zero-order chi connectivity index (χ0) is 11.1. The van der Waals surface area contributed by atoms with Gasteiger partial charge in [0, 0.05) is 52.9 Å². The summed E-state index contributed by atoms with van der Waals surface area (Å²) in [7, 11) is 3.94. The molecule has 0 aromatic rings. The number of ether oxygens (including phenoxy) is 1. The minimum atomic E-state index is 0.332. The number of hydrogen-bond donors (Lipinski definition) is 1. The molecule has 90 valence electrons. The second kappa shape index (κ2) is 7.17. The van der Waals surface area contributed by atoms with Gasteiger partial charge in [0.25, 0.3) is 0 Å². The molecule has 1 heterocycles. The summed E-state index contributed by atoms with van der Waals surface area (Å²) in [5.41, 5.74) is 0. The summed E-state index contributed by atoms with van der Waals surface area (Å²) in [6.07, 6.45) is 0.332. The van der Waals surface area contributed by atoms with Gasteiger partial charge in [-0.2, -0.15) is 0 Å². The molecule has 0 aromatic heterocycles. The minimum Gasteiger partial charge on any atom is -0.380 e. The Hall–Kier alpha value is -0.160. The molecule has 0 amide bonds. The average molecular weight is 215 g/mol. The van der Waals surface area contributed by atoms with Crippen LogP contribution in [0.2, 0.25) is 0 Å². The first-order valence-corrected chi connectivity index (χ1v) is 5.87. The lowest BCUT2D eigenvalue weighted by Gasteiger charge is -2.29. The van der Waals surface area contributed by atoms with Gasteiger partial charge in [-0.15, -0.1) is 0 Å². The van der Waals surface area contributed by atoms with Crippen molar-refractivity contribution < 1.29 is 4.74 Å². The van der Waals surface area contributed by atoms with Crippen LogP contribution in [-0.2, 0) is 4.74 Å². The molecule has 0 spiro atoms. The molecule has 0 radical (unpaired) electrons. The van der Waals surface area contributed by atoms with Gasteiger partial charge in [-0.3, -0.25) is 4.90 Å². The molecule has 15 heavy (non-hydrogen) atoms. The van der Waals surface area contributed by atoms with Gasteiger partial charge in [0.2, 0.25) is 0 Å². The Bertz CT molecular complexity index is 160. The smallest absolute Gasteiger partial charge is 0.0670 e. The first-order chi connectivity index (χ1) is 7.22. The zero-order valence-corrected chi connectivity index (χ0v) is 10.3. The monoisotopic (exact) mass is 215 g/mol. The molecule has 4 heteroatoms. The molecule has 1 aliphatic rings. The normalized spacial score (nSPS) is 20.8. The minimum absolute atomic E-state index is 0.332. The van der Waals surface area contributed by atoms with E-state index in [1.165, 1.54) is 19.6 Å². The third-order valence-corrected chi connectivity index (χ3v) is 2.98. The van der Waals surface area contributed by atoms with Crippen molar-refractivity contribution >= 4 is 0 Å². The maximum absolute atomic E-state index is 5.25. The van der Waals surface area contributed by atoms with Crippen LogP contribution in [0.3, 0.4) is 0 Å². The molecular weight excluding hydrogens is 190 g/mol. The van der Waals surface area contributed by atoms with Crippen molar-refractivity contribution in [1.29, 1.82) is 0 Å². The number of hydrogen-bond acceptors (Lipinski definition) is 4. The van der Waals surface area contributed by atoms with E-state index in [4.69, 9.17) is 4.74 Å². The lowest BCUT2D eigenvalue weighted by atomic mass is 10.3. The van der Waals surface area contributed by atoms with Crippen LogP contribution in [0.5, 0.6) is 0 Å². The van der Waals surface area contributed by atoms with Crippen molar-refractivity contribution in [3.63, 3.8) is 0 Å². The predicted molar refractivity (Wildman–Crippen MR) is 63.3 cm³/mol. The quantitative estimate of drug-likeness (QED) is 0.667. The Morgan fingerprint density at radius 2 is 2.07 bits per heavy atom. The van der Waals surface area contributed by atoms with Crippen LogP contribution >= 0.6 is 0 Å². The molecule has 0 aliphatic carbocycles. The summed E-state index contributed by atoms with van der Waals surface area (Å²) in [5.74, 6) is 0. The second-order valence-electron chi connectivity index (χ2n) is 4.40. The lowest BCUT2D eigenvalue weighted by Crippen LogP contribution is -2.46. The van der Waals surface area contributed by atoms with Crippen LogP contribution in [0.1, 0.15) is 6.92 Å². The van der Waals surface area contributed by atoms with Crippen LogP contribution in [0.4, 0.5) is 0 Å². The van der Waals surface area contributed by atoms with E-state index in [2.05, 4.69) is 29.1 Å². The third kappa shape index (κ3) is 5.47. The fourth-order valence-corrected chi connectivity index (χ4v) is 1.85. The van der Waals surface area contributed by atoms with Gasteiger partial charge in [0.15, 0.2) is 0 Å². The third-order valence-electron chi connectivity index (χ3n) is 2.98. The lowest BCUT2D eigenvalue weighted by molar-refractivity contribution is 0.0811. The van der Waals surface area contributed by atoms with Gasteiger partial charge < -0.3 is 15.0 Å². The van der Waals surface area contributed by atoms with Gasteiger partial charge in [-0.1, -0.05) is 0 Å². The summed E-state index contributed by atoms with van der Waals surface area (Å²) in [6.45, 7) is 10.1. The van der Waals surface area contributed by atoms with Crippen LogP contribution in [0.15, 0.2) is 0 Å². The van der Waals surface area contributed by atoms with Crippen LogP contribution in [0.25, 0.3) is 0 Å². The van der Waals surface area contributed by atoms with Crippen molar-refractivity contribution in [2.75, 3.05) is 60.0 Å². The Morgan fingerprint density at radius 3 is 2.67 bits per heavy atom. The molecule has 0 saturated carbocycles. The SMILES string of the molecule is COC(C)CN(C)CCN1CCNCC1. The number of rotatable bonds is 6. The van der Waals surface area contributed by atoms with E-state index in [9.17, 15) is 0 Å². The standard InChI is InChI=1S/C11H25N3O/c1-11(15-3)10-13(2)8-9-14-6-4-12-5-7-14/h11-12H,4-10H2,1-3H3. The van der Waals surface area contributed by atoms with Crippen LogP contribution in [0, 0.1) is 0 Å². The molecule has 4 nitrogen and oxygen atoms in total. The summed E-state index contributed by atoms with van der Waals surface area (Å²) < 4.78 is 5.25. The van der Waals surface area contributed by atoms with Crippen molar-refractivity contribution in [1.82, 2.24) is 15.1 Å². The molecule has 1 saturated heterocycles. The number of methoxy groups -OCH3 is 1. The predicted octanol–water partition coefficient (Wildman–Crippen LogP) is -0.142. The summed E-state index contributed by atoms with van der Waals surface area (Å²) in [6, 6.07) is 0. The number of nitrogens with zero attached hydrogens (tertiary/aromatic N) is 2. The largest absolute Gasteiger partial charge is 0.380 e. The summed E-state index contributed by atoms with van der Waals surface area (Å²) >= 11 is 0. The Kier molecular flexibility index (Phi) is 6.17. The maximum Gasteiger partial charge on any atom is 0.0670 e. The highest BCUT2D eigenvalue weighted by molar-refractivity contribution is 4.69. The van der Waals surface area contributed by atoms with Crippen molar-refractivity contribution in [2.24, 2.45) is 0 Å². The van der Waals surface area contributed by atoms with Gasteiger partial charge in [0.05, 0.1) is 6.10 Å². The van der Waals surface area contributed by atoms with Gasteiger partial charge in [-0.05, 0) is 14.0 Å². The number of likely N-dealkylation sites (N-methyl/N-ethyl adjacent to an activating group) is 1. The molecule has 0 bridgehead atoms. The molecule has 1 N–H and O–H groups in total. The van der Waals surface area contributed by atoms with E-state index < -0.39 is 0 Å². The summed E-state index contributed by atoms with van der Waals surface area (Å²) in [4.78, 5) is 4.86. The maximum atomic E-state index is 5.25. The molecule has 0 aromatic carbocycles. The fourth-order valence-electron chi connectivity index (χ4n) is 1.85. The van der Waals surface area contributed by atoms with Gasteiger partial charge in [0.1, 0.15) is 0 Å². The van der Waals surface area contributed by atoms with E-state index in [1.54, 1.807) is 7.11 Å². The highest BCUT2D eigenvalue weighted by atomic mass is 16.5. The Labute approximate surface area is 93.6 Å². The van der Waals surface area contributed by atoms with E-state index in [-0.39, 0.29) is 0 Å². The van der Waals surface area contributed by atoms with Crippen molar-refractivity contribution in [2.45, 2.75) is 13.0 Å². The highest BCUT2D eigenvalue weighted by Crippen LogP contribution is 1.95.